The van der Waals surface area contributed by atoms with Crippen LogP contribution in [0.25, 0.3) is 21.5 Å². The van der Waals surface area contributed by atoms with Gasteiger partial charge in [-0.15, -0.1) is 23.2 Å². The van der Waals surface area contributed by atoms with E-state index in [0.29, 0.717) is 11.8 Å². The Hall–Kier alpha value is -1.44. The minimum atomic E-state index is 0.595. The Kier molecular flexibility index (Phi) is 4.75. The molecule has 0 heterocycles. The van der Waals surface area contributed by atoms with Crippen LogP contribution in [-0.4, -0.2) is 24.8 Å². The van der Waals surface area contributed by atoms with E-state index in [1.54, 1.807) is 0 Å². The maximum Gasteiger partial charge on any atom is 0.0482 e. The van der Waals surface area contributed by atoms with Crippen LogP contribution in [0.2, 0.25) is 0 Å². The molecular weight excluding hydrogens is 313 g/mol. The third-order valence-electron chi connectivity index (χ3n) is 4.18. The lowest BCUT2D eigenvalue weighted by Gasteiger charge is -2.27. The van der Waals surface area contributed by atoms with Crippen LogP contribution in [0, 0.1) is 6.92 Å². The SMILES string of the molecule is Cc1c(N(CCCl)CCCl)c2ccccc2c2ccccc12. The summed E-state index contributed by atoms with van der Waals surface area (Å²) in [7, 11) is 0. The smallest absolute Gasteiger partial charge is 0.0482 e. The van der Waals surface area contributed by atoms with Crippen LogP contribution in [0.4, 0.5) is 5.69 Å². The Morgan fingerprint density at radius 2 is 1.18 bits per heavy atom. The predicted octanol–water partition coefficient (Wildman–Crippen LogP) is 5.59. The van der Waals surface area contributed by atoms with E-state index < -0.39 is 0 Å². The fourth-order valence-corrected chi connectivity index (χ4v) is 3.65. The molecule has 3 heteroatoms. The van der Waals surface area contributed by atoms with Gasteiger partial charge in [0.25, 0.3) is 0 Å². The average Bonchev–Trinajstić information content (AvgIpc) is 2.56. The Balaban J connectivity index is 2.37. The lowest BCUT2D eigenvalue weighted by atomic mass is 9.95. The number of anilines is 1. The molecule has 0 aromatic heterocycles. The fraction of sp³-hybridized carbons (Fsp3) is 0.263. The molecule has 22 heavy (non-hydrogen) atoms. The molecule has 0 saturated carbocycles. The molecule has 0 radical (unpaired) electrons. The van der Waals surface area contributed by atoms with Crippen molar-refractivity contribution in [2.75, 3.05) is 29.7 Å². The van der Waals surface area contributed by atoms with Gasteiger partial charge in [-0.25, -0.2) is 0 Å². The maximum atomic E-state index is 6.02. The summed E-state index contributed by atoms with van der Waals surface area (Å²) in [6, 6.07) is 17.2. The van der Waals surface area contributed by atoms with E-state index in [9.17, 15) is 0 Å². The number of halogens is 2. The summed E-state index contributed by atoms with van der Waals surface area (Å²) in [6.45, 7) is 3.80. The number of alkyl halides is 2. The molecule has 0 bridgehead atoms. The number of hydrogen-bond acceptors (Lipinski definition) is 1. The van der Waals surface area contributed by atoms with Crippen molar-refractivity contribution in [3.63, 3.8) is 0 Å². The van der Waals surface area contributed by atoms with Crippen molar-refractivity contribution in [2.45, 2.75) is 6.92 Å². The summed E-state index contributed by atoms with van der Waals surface area (Å²) in [5, 5.41) is 5.16. The van der Waals surface area contributed by atoms with Crippen LogP contribution in [0.5, 0.6) is 0 Å². The first-order valence-corrected chi connectivity index (χ1v) is 8.61. The number of nitrogens with zero attached hydrogens (tertiary/aromatic N) is 1. The minimum Gasteiger partial charge on any atom is -0.368 e. The number of fused-ring (bicyclic) bond motifs is 3. The van der Waals surface area contributed by atoms with Gasteiger partial charge in [0.05, 0.1) is 0 Å². The number of benzene rings is 3. The van der Waals surface area contributed by atoms with Crippen molar-refractivity contribution in [1.82, 2.24) is 0 Å². The van der Waals surface area contributed by atoms with Crippen LogP contribution in [0.15, 0.2) is 48.5 Å². The van der Waals surface area contributed by atoms with Gasteiger partial charge in [0.2, 0.25) is 0 Å². The summed E-state index contributed by atoms with van der Waals surface area (Å²) in [5.41, 5.74) is 2.56. The van der Waals surface area contributed by atoms with Crippen molar-refractivity contribution >= 4 is 50.4 Å². The number of aryl methyl sites for hydroxylation is 1. The van der Waals surface area contributed by atoms with Gasteiger partial charge in [0.1, 0.15) is 0 Å². The predicted molar refractivity (Wildman–Crippen MR) is 99.8 cm³/mol. The standard InChI is InChI=1S/C19H19Cl2N/c1-14-15-6-2-3-7-16(15)17-8-4-5-9-18(17)19(14)22(12-10-20)13-11-21/h2-9H,10-13H2,1H3. The van der Waals surface area contributed by atoms with Crippen molar-refractivity contribution in [1.29, 1.82) is 0 Å². The Bertz CT molecular complexity index is 792. The van der Waals surface area contributed by atoms with E-state index in [2.05, 4.69) is 60.4 Å². The van der Waals surface area contributed by atoms with Gasteiger partial charge in [0.15, 0.2) is 0 Å². The van der Waals surface area contributed by atoms with Gasteiger partial charge >= 0.3 is 0 Å². The lowest BCUT2D eigenvalue weighted by Crippen LogP contribution is -2.28. The maximum absolute atomic E-state index is 6.02. The summed E-state index contributed by atoms with van der Waals surface area (Å²) in [5.74, 6) is 1.19. The summed E-state index contributed by atoms with van der Waals surface area (Å²) in [4.78, 5) is 2.31. The molecule has 114 valence electrons. The Morgan fingerprint density at radius 1 is 0.727 bits per heavy atom. The Labute approximate surface area is 141 Å². The van der Waals surface area contributed by atoms with E-state index in [1.807, 2.05) is 0 Å². The second-order valence-electron chi connectivity index (χ2n) is 5.43. The second-order valence-corrected chi connectivity index (χ2v) is 6.19. The van der Waals surface area contributed by atoms with E-state index in [4.69, 9.17) is 23.2 Å². The third kappa shape index (κ3) is 2.64. The highest BCUT2D eigenvalue weighted by molar-refractivity contribution is 6.19. The van der Waals surface area contributed by atoms with Gasteiger partial charge < -0.3 is 4.90 Å². The summed E-state index contributed by atoms with van der Waals surface area (Å²) in [6.07, 6.45) is 0. The topological polar surface area (TPSA) is 3.24 Å². The lowest BCUT2D eigenvalue weighted by molar-refractivity contribution is 0.875. The van der Waals surface area contributed by atoms with Gasteiger partial charge in [-0.3, -0.25) is 0 Å². The van der Waals surface area contributed by atoms with Crippen LogP contribution < -0.4 is 4.90 Å². The van der Waals surface area contributed by atoms with Crippen molar-refractivity contribution in [2.24, 2.45) is 0 Å². The molecular formula is C19H19Cl2N. The molecule has 0 unspecified atom stereocenters. The highest BCUT2D eigenvalue weighted by atomic mass is 35.5. The first kappa shape index (κ1) is 15.5. The van der Waals surface area contributed by atoms with E-state index in [1.165, 1.54) is 32.8 Å². The molecule has 0 aliphatic rings. The minimum absolute atomic E-state index is 0.595. The third-order valence-corrected chi connectivity index (χ3v) is 4.52. The average molecular weight is 332 g/mol. The summed E-state index contributed by atoms with van der Waals surface area (Å²) >= 11 is 12.0. The summed E-state index contributed by atoms with van der Waals surface area (Å²) < 4.78 is 0. The van der Waals surface area contributed by atoms with E-state index in [0.717, 1.165) is 13.1 Å². The monoisotopic (exact) mass is 331 g/mol. The van der Waals surface area contributed by atoms with Crippen LogP contribution in [-0.2, 0) is 0 Å². The highest BCUT2D eigenvalue weighted by Gasteiger charge is 2.16. The zero-order valence-electron chi connectivity index (χ0n) is 12.7. The van der Waals surface area contributed by atoms with Gasteiger partial charge in [-0.2, -0.15) is 0 Å². The van der Waals surface area contributed by atoms with Crippen LogP contribution in [0.1, 0.15) is 5.56 Å². The van der Waals surface area contributed by atoms with E-state index in [-0.39, 0.29) is 0 Å². The number of rotatable bonds is 5. The molecule has 0 N–H and O–H groups in total. The van der Waals surface area contributed by atoms with Gasteiger partial charge in [-0.05, 0) is 28.6 Å². The van der Waals surface area contributed by atoms with Crippen molar-refractivity contribution in [3.05, 3.63) is 54.1 Å². The molecule has 0 saturated heterocycles. The van der Waals surface area contributed by atoms with Crippen LogP contribution in [0.3, 0.4) is 0 Å². The second kappa shape index (κ2) is 6.76. The molecule has 0 fully saturated rings. The molecule has 1 nitrogen and oxygen atoms in total. The molecule has 0 aliphatic heterocycles. The zero-order chi connectivity index (χ0) is 15.5. The Morgan fingerprint density at radius 3 is 1.73 bits per heavy atom. The van der Waals surface area contributed by atoms with Crippen LogP contribution >= 0.6 is 23.2 Å². The fourth-order valence-electron chi connectivity index (χ4n) is 3.25. The molecule has 0 amide bonds. The number of hydrogen-bond donors (Lipinski definition) is 0. The molecule has 3 aromatic carbocycles. The largest absolute Gasteiger partial charge is 0.368 e. The first-order chi connectivity index (χ1) is 10.8. The van der Waals surface area contributed by atoms with Gasteiger partial charge in [0, 0.05) is 35.9 Å². The molecule has 0 atom stereocenters. The zero-order valence-corrected chi connectivity index (χ0v) is 14.2. The molecule has 0 spiro atoms. The van der Waals surface area contributed by atoms with Gasteiger partial charge in [-0.1, -0.05) is 48.5 Å². The quantitative estimate of drug-likeness (QED) is 0.435. The first-order valence-electron chi connectivity index (χ1n) is 7.55. The van der Waals surface area contributed by atoms with E-state index >= 15 is 0 Å². The van der Waals surface area contributed by atoms with Crippen molar-refractivity contribution < 1.29 is 0 Å². The highest BCUT2D eigenvalue weighted by Crippen LogP contribution is 2.38. The molecule has 3 rings (SSSR count). The molecule has 3 aromatic rings. The molecule has 0 aliphatic carbocycles. The normalized spacial score (nSPS) is 11.2. The van der Waals surface area contributed by atoms with Crippen molar-refractivity contribution in [3.8, 4) is 0 Å².